The van der Waals surface area contributed by atoms with Crippen molar-refractivity contribution in [1.82, 2.24) is 0 Å². The van der Waals surface area contributed by atoms with E-state index in [1.807, 2.05) is 6.92 Å². The minimum atomic E-state index is -1.07. The summed E-state index contributed by atoms with van der Waals surface area (Å²) in [5.74, 6) is -0.972. The monoisotopic (exact) mass is 306 g/mol. The van der Waals surface area contributed by atoms with Crippen molar-refractivity contribution in [1.29, 1.82) is 0 Å². The van der Waals surface area contributed by atoms with Crippen LogP contribution in [0.25, 0.3) is 0 Å². The Morgan fingerprint density at radius 3 is 2.55 bits per heavy atom. The summed E-state index contributed by atoms with van der Waals surface area (Å²) in [7, 11) is 0. The molecule has 0 amide bonds. The van der Waals surface area contributed by atoms with E-state index in [9.17, 15) is 14.7 Å². The highest BCUT2D eigenvalue weighted by Crippen LogP contribution is 2.19. The van der Waals surface area contributed by atoms with Crippen LogP contribution >= 0.6 is 0 Å². The van der Waals surface area contributed by atoms with Gasteiger partial charge in [-0.2, -0.15) is 0 Å². The standard InChI is InChI=1S/C18H26O4/c1-4-12-22-18(21)15-11-7-10-14(16(15)17(19)20)9-6-5-8-13(2)3/h7,10-11,13H,4-6,8-9,12H2,1-3H3,(H,19,20). The van der Waals surface area contributed by atoms with Gasteiger partial charge in [0, 0.05) is 0 Å². The number of aromatic carboxylic acids is 1. The highest BCUT2D eigenvalue weighted by Gasteiger charge is 2.21. The van der Waals surface area contributed by atoms with Crippen LogP contribution in [0.3, 0.4) is 0 Å². The molecule has 1 N–H and O–H groups in total. The van der Waals surface area contributed by atoms with Gasteiger partial charge in [-0.3, -0.25) is 0 Å². The Morgan fingerprint density at radius 2 is 1.95 bits per heavy atom. The predicted molar refractivity (Wildman–Crippen MR) is 86.4 cm³/mol. The van der Waals surface area contributed by atoms with Crippen LogP contribution in [0, 0.1) is 5.92 Å². The number of unbranched alkanes of at least 4 members (excludes halogenated alkanes) is 1. The zero-order chi connectivity index (χ0) is 16.5. The van der Waals surface area contributed by atoms with Crippen molar-refractivity contribution in [2.45, 2.75) is 52.9 Å². The summed E-state index contributed by atoms with van der Waals surface area (Å²) in [6.07, 6.45) is 4.49. The topological polar surface area (TPSA) is 63.6 Å². The molecule has 122 valence electrons. The highest BCUT2D eigenvalue weighted by molar-refractivity contribution is 6.03. The number of esters is 1. The molecule has 4 nitrogen and oxygen atoms in total. The van der Waals surface area contributed by atoms with E-state index >= 15 is 0 Å². The van der Waals surface area contributed by atoms with Crippen LogP contribution in [0.1, 0.15) is 72.7 Å². The van der Waals surface area contributed by atoms with E-state index in [4.69, 9.17) is 4.74 Å². The first-order valence-corrected chi connectivity index (χ1v) is 7.99. The molecule has 0 unspecified atom stereocenters. The molecule has 1 aromatic carbocycles. The number of carboxylic acid groups (broad SMARTS) is 1. The molecule has 0 fully saturated rings. The van der Waals surface area contributed by atoms with Crippen molar-refractivity contribution in [2.24, 2.45) is 5.92 Å². The summed E-state index contributed by atoms with van der Waals surface area (Å²) >= 11 is 0. The van der Waals surface area contributed by atoms with Gasteiger partial charge in [0.1, 0.15) is 0 Å². The molecule has 0 heterocycles. The molecule has 0 bridgehead atoms. The summed E-state index contributed by atoms with van der Waals surface area (Å²) in [6, 6.07) is 5.04. The van der Waals surface area contributed by atoms with Crippen LogP contribution in [0.4, 0.5) is 0 Å². The highest BCUT2D eigenvalue weighted by atomic mass is 16.5. The molecule has 0 saturated carbocycles. The Labute approximate surface area is 132 Å². The van der Waals surface area contributed by atoms with Gasteiger partial charge in [-0.05, 0) is 36.8 Å². The lowest BCUT2D eigenvalue weighted by Crippen LogP contribution is -2.14. The van der Waals surface area contributed by atoms with E-state index in [0.717, 1.165) is 19.3 Å². The molecular formula is C18H26O4. The first kappa shape index (κ1) is 18.2. The maximum Gasteiger partial charge on any atom is 0.339 e. The van der Waals surface area contributed by atoms with E-state index in [1.54, 1.807) is 12.1 Å². The van der Waals surface area contributed by atoms with Gasteiger partial charge in [0.2, 0.25) is 0 Å². The van der Waals surface area contributed by atoms with Gasteiger partial charge in [0.05, 0.1) is 17.7 Å². The average molecular weight is 306 g/mol. The van der Waals surface area contributed by atoms with Gasteiger partial charge in [-0.15, -0.1) is 0 Å². The Balaban J connectivity index is 2.88. The number of benzene rings is 1. The Kier molecular flexibility index (Phi) is 7.64. The fourth-order valence-corrected chi connectivity index (χ4v) is 2.37. The molecule has 0 aromatic heterocycles. The van der Waals surface area contributed by atoms with Gasteiger partial charge in [0.15, 0.2) is 0 Å². The SMILES string of the molecule is CCCOC(=O)c1cccc(CCCCC(C)C)c1C(=O)O. The molecule has 0 spiro atoms. The third-order valence-electron chi connectivity index (χ3n) is 3.50. The number of carbonyl (C=O) groups is 2. The lowest BCUT2D eigenvalue weighted by atomic mass is 9.95. The van der Waals surface area contributed by atoms with Crippen LogP contribution in [-0.2, 0) is 11.2 Å². The third kappa shape index (κ3) is 5.51. The predicted octanol–water partition coefficient (Wildman–Crippen LogP) is 4.32. The Morgan fingerprint density at radius 1 is 1.23 bits per heavy atom. The minimum absolute atomic E-state index is 0.0909. The van der Waals surface area contributed by atoms with Crippen LogP contribution in [-0.4, -0.2) is 23.7 Å². The van der Waals surface area contributed by atoms with E-state index in [0.29, 0.717) is 30.9 Å². The Hall–Kier alpha value is -1.84. The smallest absolute Gasteiger partial charge is 0.339 e. The van der Waals surface area contributed by atoms with Crippen LogP contribution in [0.5, 0.6) is 0 Å². The van der Waals surface area contributed by atoms with Crippen LogP contribution in [0.15, 0.2) is 18.2 Å². The molecule has 1 rings (SSSR count). The normalized spacial score (nSPS) is 10.7. The second kappa shape index (κ2) is 9.23. The molecule has 0 aliphatic heterocycles. The van der Waals surface area contributed by atoms with E-state index in [-0.39, 0.29) is 11.1 Å². The van der Waals surface area contributed by atoms with Gasteiger partial charge >= 0.3 is 11.9 Å². The van der Waals surface area contributed by atoms with Gasteiger partial charge in [0.25, 0.3) is 0 Å². The Bertz CT molecular complexity index is 506. The maximum atomic E-state index is 12.0. The minimum Gasteiger partial charge on any atom is -0.478 e. The average Bonchev–Trinajstić information content (AvgIpc) is 2.48. The number of ether oxygens (including phenoxy) is 1. The third-order valence-corrected chi connectivity index (χ3v) is 3.50. The van der Waals surface area contributed by atoms with Gasteiger partial charge in [-0.1, -0.05) is 45.7 Å². The fraction of sp³-hybridized carbons (Fsp3) is 0.556. The largest absolute Gasteiger partial charge is 0.478 e. The molecule has 1 aromatic rings. The van der Waals surface area contributed by atoms with Crippen molar-refractivity contribution < 1.29 is 19.4 Å². The van der Waals surface area contributed by atoms with E-state index in [1.165, 1.54) is 6.07 Å². The summed E-state index contributed by atoms with van der Waals surface area (Å²) in [4.78, 5) is 23.6. The van der Waals surface area contributed by atoms with E-state index in [2.05, 4.69) is 13.8 Å². The quantitative estimate of drug-likeness (QED) is 0.545. The summed E-state index contributed by atoms with van der Waals surface area (Å²) in [5, 5.41) is 9.46. The lowest BCUT2D eigenvalue weighted by molar-refractivity contribution is 0.0494. The van der Waals surface area contributed by atoms with Crippen LogP contribution in [0.2, 0.25) is 0 Å². The first-order chi connectivity index (χ1) is 10.5. The zero-order valence-corrected chi connectivity index (χ0v) is 13.7. The first-order valence-electron chi connectivity index (χ1n) is 7.99. The number of hydrogen-bond donors (Lipinski definition) is 1. The maximum absolute atomic E-state index is 12.0. The van der Waals surface area contributed by atoms with E-state index < -0.39 is 11.9 Å². The summed E-state index contributed by atoms with van der Waals surface area (Å²) < 4.78 is 5.08. The number of carboxylic acids is 1. The molecule has 0 radical (unpaired) electrons. The molecule has 0 aliphatic rings. The van der Waals surface area contributed by atoms with Crippen molar-refractivity contribution >= 4 is 11.9 Å². The van der Waals surface area contributed by atoms with Crippen LogP contribution < -0.4 is 0 Å². The second-order valence-electron chi connectivity index (χ2n) is 5.92. The van der Waals surface area contributed by atoms with Crippen molar-refractivity contribution in [3.05, 3.63) is 34.9 Å². The number of hydrogen-bond acceptors (Lipinski definition) is 3. The number of aryl methyl sites for hydroxylation is 1. The number of carbonyl (C=O) groups excluding carboxylic acids is 1. The van der Waals surface area contributed by atoms with Crippen molar-refractivity contribution in [2.75, 3.05) is 6.61 Å². The molecule has 22 heavy (non-hydrogen) atoms. The molecular weight excluding hydrogens is 280 g/mol. The summed E-state index contributed by atoms with van der Waals surface area (Å²) in [5.41, 5.74) is 0.956. The fourth-order valence-electron chi connectivity index (χ4n) is 2.37. The lowest BCUT2D eigenvalue weighted by Gasteiger charge is -2.11. The second-order valence-corrected chi connectivity index (χ2v) is 5.92. The molecule has 0 saturated heterocycles. The molecule has 0 atom stereocenters. The van der Waals surface area contributed by atoms with Gasteiger partial charge < -0.3 is 9.84 Å². The zero-order valence-electron chi connectivity index (χ0n) is 13.7. The van der Waals surface area contributed by atoms with Gasteiger partial charge in [-0.25, -0.2) is 9.59 Å². The molecule has 0 aliphatic carbocycles. The summed E-state index contributed by atoms with van der Waals surface area (Å²) in [6.45, 7) is 6.55. The van der Waals surface area contributed by atoms with Crippen molar-refractivity contribution in [3.63, 3.8) is 0 Å². The number of rotatable bonds is 9. The van der Waals surface area contributed by atoms with Crippen molar-refractivity contribution in [3.8, 4) is 0 Å². The molecule has 4 heteroatoms.